The van der Waals surface area contributed by atoms with Crippen molar-refractivity contribution < 1.29 is 13.7 Å². The second kappa shape index (κ2) is 6.97. The van der Waals surface area contributed by atoms with Gasteiger partial charge in [0.25, 0.3) is 0 Å². The first-order valence-corrected chi connectivity index (χ1v) is 7.60. The molecule has 3 rings (SSSR count). The smallest absolute Gasteiger partial charge is 0.244 e. The van der Waals surface area contributed by atoms with Crippen molar-refractivity contribution in [2.75, 3.05) is 20.3 Å². The first kappa shape index (κ1) is 15.1. The van der Waals surface area contributed by atoms with Crippen LogP contribution in [0.25, 0.3) is 0 Å². The molecule has 2 aromatic rings. The van der Waals surface area contributed by atoms with Crippen molar-refractivity contribution in [2.24, 2.45) is 0 Å². The molecule has 1 saturated heterocycles. The van der Waals surface area contributed by atoms with Crippen molar-refractivity contribution >= 4 is 0 Å². The third kappa shape index (κ3) is 3.50. The molecule has 22 heavy (non-hydrogen) atoms. The highest BCUT2D eigenvalue weighted by molar-refractivity contribution is 4.97. The highest BCUT2D eigenvalue weighted by Gasteiger charge is 2.29. The summed E-state index contributed by atoms with van der Waals surface area (Å²) in [5.74, 6) is 2.57. The van der Waals surface area contributed by atoms with Crippen LogP contribution in [-0.4, -0.2) is 45.5 Å². The Balaban J connectivity index is 1.70. The standard InChI is InChI=1S/C14H21N5O3/c1-10-16-17-13(21-10)9-19-7-4-3-5-11(19)14-15-12(18-22-14)6-8-20-2/h11H,3-9H2,1-2H3/t11-/m0/s1. The second-order valence-electron chi connectivity index (χ2n) is 5.49. The molecule has 8 heteroatoms. The maximum absolute atomic E-state index is 5.48. The highest BCUT2D eigenvalue weighted by Crippen LogP contribution is 2.31. The first-order chi connectivity index (χ1) is 10.8. The summed E-state index contributed by atoms with van der Waals surface area (Å²) in [6, 6.07) is 0.116. The summed E-state index contributed by atoms with van der Waals surface area (Å²) in [6.07, 6.45) is 3.96. The van der Waals surface area contributed by atoms with Crippen LogP contribution in [-0.2, 0) is 17.7 Å². The number of likely N-dealkylation sites (tertiary alicyclic amines) is 1. The maximum Gasteiger partial charge on any atom is 0.244 e. The van der Waals surface area contributed by atoms with Crippen LogP contribution < -0.4 is 0 Å². The molecule has 0 aliphatic carbocycles. The molecule has 0 aromatic carbocycles. The summed E-state index contributed by atoms with van der Waals surface area (Å²) < 4.78 is 16.0. The number of ether oxygens (including phenoxy) is 1. The van der Waals surface area contributed by atoms with Gasteiger partial charge in [0.1, 0.15) is 0 Å². The van der Waals surface area contributed by atoms with E-state index in [1.54, 1.807) is 14.0 Å². The van der Waals surface area contributed by atoms with Crippen LogP contribution in [0, 0.1) is 6.92 Å². The average Bonchev–Trinajstić information content (AvgIpc) is 3.15. The summed E-state index contributed by atoms with van der Waals surface area (Å²) in [5, 5.41) is 12.0. The SMILES string of the molecule is COCCc1noc([C@@H]2CCCCN2Cc2nnc(C)o2)n1. The predicted molar refractivity (Wildman–Crippen MR) is 75.9 cm³/mol. The minimum atomic E-state index is 0.116. The highest BCUT2D eigenvalue weighted by atomic mass is 16.5. The molecular formula is C14H21N5O3. The normalized spacial score (nSPS) is 19.6. The quantitative estimate of drug-likeness (QED) is 0.796. The molecule has 1 atom stereocenters. The minimum absolute atomic E-state index is 0.116. The number of aryl methyl sites for hydroxylation is 1. The zero-order chi connectivity index (χ0) is 15.4. The van der Waals surface area contributed by atoms with Gasteiger partial charge in [0.15, 0.2) is 5.82 Å². The van der Waals surface area contributed by atoms with E-state index in [9.17, 15) is 0 Å². The zero-order valence-electron chi connectivity index (χ0n) is 13.0. The van der Waals surface area contributed by atoms with Crippen LogP contribution in [0.2, 0.25) is 0 Å². The monoisotopic (exact) mass is 307 g/mol. The molecule has 1 aliphatic rings. The number of aromatic nitrogens is 4. The van der Waals surface area contributed by atoms with Crippen LogP contribution in [0.4, 0.5) is 0 Å². The molecule has 3 heterocycles. The third-order valence-corrected chi connectivity index (χ3v) is 3.82. The molecule has 120 valence electrons. The number of methoxy groups -OCH3 is 1. The fourth-order valence-corrected chi connectivity index (χ4v) is 2.73. The fourth-order valence-electron chi connectivity index (χ4n) is 2.73. The maximum atomic E-state index is 5.48. The van der Waals surface area contributed by atoms with Crippen molar-refractivity contribution in [3.05, 3.63) is 23.5 Å². The van der Waals surface area contributed by atoms with Gasteiger partial charge >= 0.3 is 0 Å². The molecule has 0 saturated carbocycles. The van der Waals surface area contributed by atoms with E-state index in [-0.39, 0.29) is 6.04 Å². The van der Waals surface area contributed by atoms with Crippen LogP contribution in [0.3, 0.4) is 0 Å². The number of nitrogens with zero attached hydrogens (tertiary/aromatic N) is 5. The van der Waals surface area contributed by atoms with Gasteiger partial charge in [0.2, 0.25) is 17.7 Å². The molecule has 0 N–H and O–H groups in total. The summed E-state index contributed by atoms with van der Waals surface area (Å²) in [5.41, 5.74) is 0. The molecule has 2 aromatic heterocycles. The first-order valence-electron chi connectivity index (χ1n) is 7.60. The molecule has 8 nitrogen and oxygen atoms in total. The van der Waals surface area contributed by atoms with E-state index in [1.807, 2.05) is 0 Å². The molecule has 0 unspecified atom stereocenters. The van der Waals surface area contributed by atoms with Gasteiger partial charge in [-0.15, -0.1) is 10.2 Å². The van der Waals surface area contributed by atoms with Gasteiger partial charge in [-0.25, -0.2) is 0 Å². The summed E-state index contributed by atoms with van der Waals surface area (Å²) in [6.45, 7) is 3.96. The Labute approximate surface area is 128 Å². The van der Waals surface area contributed by atoms with Gasteiger partial charge in [-0.2, -0.15) is 4.98 Å². The molecular weight excluding hydrogens is 286 g/mol. The molecule has 0 amide bonds. The Morgan fingerprint density at radius 3 is 3.00 bits per heavy atom. The molecule has 0 spiro atoms. The summed E-state index contributed by atoms with van der Waals surface area (Å²) in [4.78, 5) is 6.77. The lowest BCUT2D eigenvalue weighted by atomic mass is 10.0. The lowest BCUT2D eigenvalue weighted by Gasteiger charge is -2.32. The van der Waals surface area contributed by atoms with E-state index < -0.39 is 0 Å². The van der Waals surface area contributed by atoms with Crippen LogP contribution >= 0.6 is 0 Å². The lowest BCUT2D eigenvalue weighted by molar-refractivity contribution is 0.101. The van der Waals surface area contributed by atoms with E-state index in [0.717, 1.165) is 25.8 Å². The molecule has 1 fully saturated rings. The zero-order valence-corrected chi connectivity index (χ0v) is 13.0. The average molecular weight is 307 g/mol. The van der Waals surface area contributed by atoms with Crippen LogP contribution in [0.1, 0.15) is 48.8 Å². The number of hydrogen-bond acceptors (Lipinski definition) is 8. The van der Waals surface area contributed by atoms with E-state index in [4.69, 9.17) is 13.7 Å². The van der Waals surface area contributed by atoms with Gasteiger partial charge in [-0.1, -0.05) is 11.6 Å². The van der Waals surface area contributed by atoms with Crippen molar-refractivity contribution in [3.63, 3.8) is 0 Å². The largest absolute Gasteiger partial charge is 0.424 e. The number of rotatable bonds is 6. The lowest BCUT2D eigenvalue weighted by Crippen LogP contribution is -2.33. The van der Waals surface area contributed by atoms with Crippen molar-refractivity contribution in [1.82, 2.24) is 25.2 Å². The fraction of sp³-hybridized carbons (Fsp3) is 0.714. The topological polar surface area (TPSA) is 90.3 Å². The second-order valence-corrected chi connectivity index (χ2v) is 5.49. The van der Waals surface area contributed by atoms with Crippen molar-refractivity contribution in [1.29, 1.82) is 0 Å². The molecule has 0 bridgehead atoms. The van der Waals surface area contributed by atoms with Gasteiger partial charge in [0.05, 0.1) is 19.2 Å². The molecule has 0 radical (unpaired) electrons. The van der Waals surface area contributed by atoms with Gasteiger partial charge in [-0.3, -0.25) is 4.90 Å². The number of piperidine rings is 1. The van der Waals surface area contributed by atoms with E-state index in [0.29, 0.717) is 43.1 Å². The third-order valence-electron chi connectivity index (χ3n) is 3.82. The Hall–Kier alpha value is -1.80. The minimum Gasteiger partial charge on any atom is -0.424 e. The Morgan fingerprint density at radius 2 is 2.23 bits per heavy atom. The van der Waals surface area contributed by atoms with E-state index >= 15 is 0 Å². The van der Waals surface area contributed by atoms with E-state index in [2.05, 4.69) is 25.2 Å². The summed E-state index contributed by atoms with van der Waals surface area (Å²) >= 11 is 0. The molecule has 1 aliphatic heterocycles. The van der Waals surface area contributed by atoms with E-state index in [1.165, 1.54) is 0 Å². The van der Waals surface area contributed by atoms with Crippen molar-refractivity contribution in [3.8, 4) is 0 Å². The van der Waals surface area contributed by atoms with Gasteiger partial charge < -0.3 is 13.7 Å². The van der Waals surface area contributed by atoms with Crippen LogP contribution in [0.15, 0.2) is 8.94 Å². The van der Waals surface area contributed by atoms with Gasteiger partial charge in [0, 0.05) is 20.5 Å². The summed E-state index contributed by atoms with van der Waals surface area (Å²) in [7, 11) is 1.66. The Morgan fingerprint density at radius 1 is 1.32 bits per heavy atom. The van der Waals surface area contributed by atoms with Gasteiger partial charge in [-0.05, 0) is 19.4 Å². The van der Waals surface area contributed by atoms with Crippen molar-refractivity contribution in [2.45, 2.75) is 45.2 Å². The van der Waals surface area contributed by atoms with Crippen LogP contribution in [0.5, 0.6) is 0 Å². The predicted octanol–water partition coefficient (Wildman–Crippen LogP) is 1.68. The number of hydrogen-bond donors (Lipinski definition) is 0. The Kier molecular flexibility index (Phi) is 4.79. The Bertz CT molecular complexity index is 597.